The zero-order valence-corrected chi connectivity index (χ0v) is 13.5. The predicted octanol–water partition coefficient (Wildman–Crippen LogP) is 3.99. The van der Waals surface area contributed by atoms with Crippen LogP contribution in [0.25, 0.3) is 0 Å². The Kier molecular flexibility index (Phi) is 4.73. The molecular formula is C14H24N2S2. The molecule has 1 N–H and O–H groups in total. The third-order valence-electron chi connectivity index (χ3n) is 3.74. The highest BCUT2D eigenvalue weighted by atomic mass is 32.2. The van der Waals surface area contributed by atoms with Gasteiger partial charge < -0.3 is 5.32 Å². The second kappa shape index (κ2) is 5.93. The van der Waals surface area contributed by atoms with Crippen molar-refractivity contribution in [1.82, 2.24) is 10.3 Å². The molecule has 1 fully saturated rings. The number of nitrogens with one attached hydrogen (secondary N) is 1. The minimum absolute atomic E-state index is 0.123. The first-order valence-electron chi connectivity index (χ1n) is 6.92. The van der Waals surface area contributed by atoms with Crippen LogP contribution in [0.4, 0.5) is 0 Å². The third-order valence-corrected chi connectivity index (χ3v) is 6.12. The largest absolute Gasteiger partial charge is 0.304 e. The van der Waals surface area contributed by atoms with E-state index in [-0.39, 0.29) is 5.54 Å². The van der Waals surface area contributed by atoms with E-state index in [2.05, 4.69) is 50.2 Å². The molecule has 1 aliphatic heterocycles. The van der Waals surface area contributed by atoms with Gasteiger partial charge in [0.25, 0.3) is 0 Å². The number of aromatic nitrogens is 1. The molecule has 0 radical (unpaired) electrons. The highest BCUT2D eigenvalue weighted by Gasteiger charge is 2.44. The van der Waals surface area contributed by atoms with Crippen molar-refractivity contribution in [3.63, 3.8) is 0 Å². The minimum Gasteiger partial charge on any atom is -0.304 e. The summed E-state index contributed by atoms with van der Waals surface area (Å²) in [6.07, 6.45) is 2.39. The number of thiazole rings is 1. The van der Waals surface area contributed by atoms with Gasteiger partial charge in [-0.2, -0.15) is 11.8 Å². The molecule has 0 amide bonds. The molecule has 0 bridgehead atoms. The molecule has 0 saturated carbocycles. The van der Waals surface area contributed by atoms with Gasteiger partial charge in [0.15, 0.2) is 0 Å². The maximum Gasteiger partial charge on any atom is 0.114 e. The Morgan fingerprint density at radius 1 is 1.56 bits per heavy atom. The van der Waals surface area contributed by atoms with Crippen LogP contribution in [-0.2, 0) is 5.54 Å². The van der Waals surface area contributed by atoms with Gasteiger partial charge in [0.2, 0.25) is 0 Å². The van der Waals surface area contributed by atoms with Gasteiger partial charge in [0.1, 0.15) is 5.01 Å². The molecule has 2 atom stereocenters. The number of nitrogens with zero attached hydrogens (tertiary/aromatic N) is 1. The quantitative estimate of drug-likeness (QED) is 0.885. The van der Waals surface area contributed by atoms with E-state index in [4.69, 9.17) is 4.98 Å². The Morgan fingerprint density at radius 3 is 2.83 bits per heavy atom. The van der Waals surface area contributed by atoms with Crippen LogP contribution in [0.3, 0.4) is 0 Å². The van der Waals surface area contributed by atoms with Crippen LogP contribution >= 0.6 is 23.1 Å². The normalized spacial score (nSPS) is 28.2. The van der Waals surface area contributed by atoms with Crippen LogP contribution in [0.1, 0.15) is 57.2 Å². The lowest BCUT2D eigenvalue weighted by Crippen LogP contribution is -2.47. The summed E-state index contributed by atoms with van der Waals surface area (Å²) in [5.74, 6) is 1.77. The average Bonchev–Trinajstić information content (AvgIpc) is 2.94. The molecule has 2 nitrogen and oxygen atoms in total. The van der Waals surface area contributed by atoms with E-state index in [0.29, 0.717) is 11.2 Å². The van der Waals surface area contributed by atoms with Crippen molar-refractivity contribution >= 4 is 23.1 Å². The zero-order valence-electron chi connectivity index (χ0n) is 11.8. The lowest BCUT2D eigenvalue weighted by molar-refractivity contribution is 0.333. The van der Waals surface area contributed by atoms with Crippen molar-refractivity contribution in [3.05, 3.63) is 16.1 Å². The SMILES string of the molecule is CCCNC1(c2nc(C(C)C)cs2)CCSC1C. The molecule has 2 unspecified atom stereocenters. The van der Waals surface area contributed by atoms with Crippen LogP contribution < -0.4 is 5.32 Å². The van der Waals surface area contributed by atoms with Gasteiger partial charge in [-0.15, -0.1) is 11.3 Å². The Morgan fingerprint density at radius 2 is 2.33 bits per heavy atom. The van der Waals surface area contributed by atoms with Crippen LogP contribution in [0.2, 0.25) is 0 Å². The van der Waals surface area contributed by atoms with Crippen LogP contribution in [0, 0.1) is 0 Å². The average molecular weight is 284 g/mol. The first-order chi connectivity index (χ1) is 8.60. The number of thioether (sulfide) groups is 1. The summed E-state index contributed by atoms with van der Waals surface area (Å²) in [7, 11) is 0. The molecule has 1 aromatic rings. The first-order valence-corrected chi connectivity index (χ1v) is 8.85. The summed E-state index contributed by atoms with van der Waals surface area (Å²) in [6, 6.07) is 0. The molecule has 0 aliphatic carbocycles. The van der Waals surface area contributed by atoms with Gasteiger partial charge in [-0.3, -0.25) is 0 Å². The van der Waals surface area contributed by atoms with E-state index >= 15 is 0 Å². The van der Waals surface area contributed by atoms with Gasteiger partial charge in [0, 0.05) is 10.6 Å². The van der Waals surface area contributed by atoms with Crippen molar-refractivity contribution < 1.29 is 0 Å². The molecule has 2 heterocycles. The standard InChI is InChI=1S/C14H24N2S2/c1-5-7-15-14(6-8-17-11(14)4)13-16-12(9-18-13)10(2)3/h9-11,15H,5-8H2,1-4H3. The molecule has 1 aromatic heterocycles. The molecule has 0 aromatic carbocycles. The molecule has 1 aliphatic rings. The van der Waals surface area contributed by atoms with Crippen molar-refractivity contribution in [2.75, 3.05) is 12.3 Å². The zero-order chi connectivity index (χ0) is 13.2. The Hall–Kier alpha value is -0.0600. The summed E-state index contributed by atoms with van der Waals surface area (Å²) >= 11 is 3.91. The van der Waals surface area contributed by atoms with E-state index in [0.717, 1.165) is 6.54 Å². The van der Waals surface area contributed by atoms with Gasteiger partial charge in [-0.05, 0) is 31.1 Å². The fourth-order valence-corrected chi connectivity index (χ4v) is 5.18. The minimum atomic E-state index is 0.123. The van der Waals surface area contributed by atoms with E-state index in [9.17, 15) is 0 Å². The van der Waals surface area contributed by atoms with E-state index in [1.165, 1.54) is 29.3 Å². The van der Waals surface area contributed by atoms with Crippen LogP contribution in [0.5, 0.6) is 0 Å². The maximum absolute atomic E-state index is 4.91. The van der Waals surface area contributed by atoms with Crippen molar-refractivity contribution in [3.8, 4) is 0 Å². The van der Waals surface area contributed by atoms with Gasteiger partial charge in [-0.1, -0.05) is 27.7 Å². The first kappa shape index (κ1) is 14.4. The third kappa shape index (κ3) is 2.61. The molecule has 1 saturated heterocycles. The fraction of sp³-hybridized carbons (Fsp3) is 0.786. The second-order valence-electron chi connectivity index (χ2n) is 5.39. The number of hydrogen-bond donors (Lipinski definition) is 1. The van der Waals surface area contributed by atoms with Crippen LogP contribution in [-0.4, -0.2) is 22.5 Å². The molecule has 0 spiro atoms. The predicted molar refractivity (Wildman–Crippen MR) is 82.7 cm³/mol. The van der Waals surface area contributed by atoms with Gasteiger partial charge >= 0.3 is 0 Å². The van der Waals surface area contributed by atoms with Gasteiger partial charge in [0.05, 0.1) is 11.2 Å². The van der Waals surface area contributed by atoms with Gasteiger partial charge in [-0.25, -0.2) is 4.98 Å². The van der Waals surface area contributed by atoms with Crippen molar-refractivity contribution in [1.29, 1.82) is 0 Å². The topological polar surface area (TPSA) is 24.9 Å². The highest BCUT2D eigenvalue weighted by molar-refractivity contribution is 8.00. The molecule has 4 heteroatoms. The smallest absolute Gasteiger partial charge is 0.114 e. The lowest BCUT2D eigenvalue weighted by atomic mass is 9.93. The second-order valence-corrected chi connectivity index (χ2v) is 7.70. The number of rotatable bonds is 5. The van der Waals surface area contributed by atoms with Crippen molar-refractivity contribution in [2.24, 2.45) is 0 Å². The van der Waals surface area contributed by atoms with E-state index in [1.54, 1.807) is 0 Å². The molecule has 2 rings (SSSR count). The summed E-state index contributed by atoms with van der Waals surface area (Å²) in [5.41, 5.74) is 1.37. The Bertz CT molecular complexity index is 389. The van der Waals surface area contributed by atoms with Crippen molar-refractivity contribution in [2.45, 2.75) is 57.2 Å². The summed E-state index contributed by atoms with van der Waals surface area (Å²) < 4.78 is 0. The monoisotopic (exact) mass is 284 g/mol. The highest BCUT2D eigenvalue weighted by Crippen LogP contribution is 2.44. The fourth-order valence-electron chi connectivity index (χ4n) is 2.44. The maximum atomic E-state index is 4.91. The summed E-state index contributed by atoms with van der Waals surface area (Å²) in [4.78, 5) is 4.91. The Labute approximate surface area is 119 Å². The summed E-state index contributed by atoms with van der Waals surface area (Å²) in [5, 5.41) is 7.95. The molecular weight excluding hydrogens is 260 g/mol. The molecule has 18 heavy (non-hydrogen) atoms. The lowest BCUT2D eigenvalue weighted by Gasteiger charge is -2.32. The van der Waals surface area contributed by atoms with E-state index in [1.807, 2.05) is 11.3 Å². The van der Waals surface area contributed by atoms with Crippen LogP contribution in [0.15, 0.2) is 5.38 Å². The number of hydrogen-bond acceptors (Lipinski definition) is 4. The van der Waals surface area contributed by atoms with E-state index < -0.39 is 0 Å². The summed E-state index contributed by atoms with van der Waals surface area (Å²) in [6.45, 7) is 10.1. The molecule has 102 valence electrons. The Balaban J connectivity index is 2.27.